The maximum Gasteiger partial charge on any atom is 0.227 e. The number of carbonyl (C=O) groups excluding carboxylic acids is 2. The van der Waals surface area contributed by atoms with Crippen LogP contribution in [0.3, 0.4) is 0 Å². The molecule has 21 heavy (non-hydrogen) atoms. The van der Waals surface area contributed by atoms with E-state index in [2.05, 4.69) is 0 Å². The predicted octanol–water partition coefficient (Wildman–Crippen LogP) is 3.77. The number of benzene rings is 1. The number of ketones is 1. The number of amides is 1. The van der Waals surface area contributed by atoms with Crippen molar-refractivity contribution in [2.45, 2.75) is 12.8 Å². The van der Waals surface area contributed by atoms with Crippen LogP contribution < -0.4 is 4.90 Å². The largest absolute Gasteiger partial charge is 0.312 e. The third-order valence-corrected chi connectivity index (χ3v) is 4.21. The second-order valence-electron chi connectivity index (χ2n) is 4.95. The molecule has 1 saturated heterocycles. The van der Waals surface area contributed by atoms with Crippen molar-refractivity contribution in [2.24, 2.45) is 0 Å². The van der Waals surface area contributed by atoms with Gasteiger partial charge in [-0.2, -0.15) is 11.3 Å². The topological polar surface area (TPSA) is 37.4 Å². The van der Waals surface area contributed by atoms with Crippen molar-refractivity contribution in [3.05, 3.63) is 58.3 Å². The van der Waals surface area contributed by atoms with Gasteiger partial charge in [0.05, 0.1) is 0 Å². The zero-order valence-corrected chi connectivity index (χ0v) is 12.3. The summed E-state index contributed by atoms with van der Waals surface area (Å²) in [6.45, 7) is 0.768. The first-order valence-electron chi connectivity index (χ1n) is 6.89. The van der Waals surface area contributed by atoms with E-state index in [9.17, 15) is 9.59 Å². The molecule has 3 nitrogen and oxygen atoms in total. The summed E-state index contributed by atoms with van der Waals surface area (Å²) in [5, 5.41) is 3.97. The SMILES string of the molecule is O=C(/C=C/c1ccsc1)c1ccc(N2CCCC2=O)cc1. The minimum absolute atomic E-state index is 0.0273. The summed E-state index contributed by atoms with van der Waals surface area (Å²) >= 11 is 1.60. The van der Waals surface area contributed by atoms with E-state index >= 15 is 0 Å². The summed E-state index contributed by atoms with van der Waals surface area (Å²) in [4.78, 5) is 25.5. The van der Waals surface area contributed by atoms with Gasteiger partial charge >= 0.3 is 0 Å². The maximum atomic E-state index is 12.1. The fourth-order valence-electron chi connectivity index (χ4n) is 2.36. The second kappa shape index (κ2) is 6.06. The lowest BCUT2D eigenvalue weighted by atomic mass is 10.1. The van der Waals surface area contributed by atoms with E-state index in [-0.39, 0.29) is 11.7 Å². The molecule has 0 atom stereocenters. The van der Waals surface area contributed by atoms with Crippen molar-refractivity contribution in [1.82, 2.24) is 0 Å². The molecule has 1 aliphatic rings. The molecule has 2 aromatic rings. The van der Waals surface area contributed by atoms with Gasteiger partial charge in [-0.05, 0) is 59.2 Å². The van der Waals surface area contributed by atoms with E-state index in [1.54, 1.807) is 34.4 Å². The first-order valence-corrected chi connectivity index (χ1v) is 7.83. The molecule has 106 valence electrons. The molecule has 1 aromatic heterocycles. The number of hydrogen-bond donors (Lipinski definition) is 0. The molecule has 4 heteroatoms. The molecule has 2 heterocycles. The first-order chi connectivity index (χ1) is 10.2. The molecule has 0 N–H and O–H groups in total. The first kappa shape index (κ1) is 13.8. The number of allylic oxidation sites excluding steroid dienone is 1. The summed E-state index contributed by atoms with van der Waals surface area (Å²) in [5.74, 6) is 0.131. The number of anilines is 1. The van der Waals surface area contributed by atoms with Gasteiger partial charge in [-0.25, -0.2) is 0 Å². The van der Waals surface area contributed by atoms with Crippen molar-refractivity contribution >= 4 is 34.8 Å². The van der Waals surface area contributed by atoms with Gasteiger partial charge in [0.2, 0.25) is 5.91 Å². The number of rotatable bonds is 4. The van der Waals surface area contributed by atoms with Crippen molar-refractivity contribution in [2.75, 3.05) is 11.4 Å². The third-order valence-electron chi connectivity index (χ3n) is 3.51. The molecular formula is C17H15NO2S. The Morgan fingerprint density at radius 1 is 1.19 bits per heavy atom. The van der Waals surface area contributed by atoms with Crippen molar-refractivity contribution in [1.29, 1.82) is 0 Å². The number of thiophene rings is 1. The van der Waals surface area contributed by atoms with Gasteiger partial charge < -0.3 is 4.90 Å². The third kappa shape index (κ3) is 3.11. The summed E-state index contributed by atoms with van der Waals surface area (Å²) in [6.07, 6.45) is 4.92. The molecule has 1 aliphatic heterocycles. The smallest absolute Gasteiger partial charge is 0.227 e. The minimum Gasteiger partial charge on any atom is -0.312 e. The van der Waals surface area contributed by atoms with Crippen molar-refractivity contribution < 1.29 is 9.59 Å². The molecular weight excluding hydrogens is 282 g/mol. The molecule has 1 fully saturated rings. The Morgan fingerprint density at radius 3 is 2.62 bits per heavy atom. The van der Waals surface area contributed by atoms with Crippen LogP contribution in [0.25, 0.3) is 6.08 Å². The highest BCUT2D eigenvalue weighted by Crippen LogP contribution is 2.21. The normalized spacial score (nSPS) is 15.0. The molecule has 0 bridgehead atoms. The standard InChI is InChI=1S/C17H15NO2S/c19-16(8-3-13-9-11-21-12-13)14-4-6-15(7-5-14)18-10-1-2-17(18)20/h3-9,11-12H,1-2,10H2/b8-3+. The van der Waals surface area contributed by atoms with E-state index in [1.807, 2.05) is 35.0 Å². The van der Waals surface area contributed by atoms with Crippen molar-refractivity contribution in [3.8, 4) is 0 Å². The fraction of sp³-hybridized carbons (Fsp3) is 0.176. The minimum atomic E-state index is -0.0273. The zero-order valence-electron chi connectivity index (χ0n) is 11.5. The van der Waals surface area contributed by atoms with E-state index < -0.39 is 0 Å². The number of hydrogen-bond acceptors (Lipinski definition) is 3. The lowest BCUT2D eigenvalue weighted by Gasteiger charge is -2.15. The van der Waals surface area contributed by atoms with E-state index in [1.165, 1.54) is 0 Å². The molecule has 0 unspecified atom stereocenters. The van der Waals surface area contributed by atoms with Crippen molar-refractivity contribution in [3.63, 3.8) is 0 Å². The van der Waals surface area contributed by atoms with E-state index in [0.717, 1.165) is 24.2 Å². The number of carbonyl (C=O) groups is 2. The van der Waals surface area contributed by atoms with Gasteiger partial charge in [0, 0.05) is 24.2 Å². The van der Waals surface area contributed by atoms with Crippen LogP contribution in [-0.4, -0.2) is 18.2 Å². The lowest BCUT2D eigenvalue weighted by molar-refractivity contribution is -0.117. The summed E-state index contributed by atoms with van der Waals surface area (Å²) in [7, 11) is 0. The monoisotopic (exact) mass is 297 g/mol. The highest BCUT2D eigenvalue weighted by atomic mass is 32.1. The Morgan fingerprint density at radius 2 is 2.00 bits per heavy atom. The Balaban J connectivity index is 1.71. The lowest BCUT2D eigenvalue weighted by Crippen LogP contribution is -2.23. The van der Waals surface area contributed by atoms with E-state index in [4.69, 9.17) is 0 Å². The molecule has 0 saturated carbocycles. The Labute approximate surface area is 127 Å². The van der Waals surface area contributed by atoms with Gasteiger partial charge in [0.25, 0.3) is 0 Å². The Kier molecular flexibility index (Phi) is 3.97. The molecule has 0 spiro atoms. The molecule has 0 aliphatic carbocycles. The summed E-state index contributed by atoms with van der Waals surface area (Å²) < 4.78 is 0. The molecule has 1 aromatic carbocycles. The van der Waals surface area contributed by atoms with Gasteiger partial charge in [0.15, 0.2) is 5.78 Å². The summed E-state index contributed by atoms with van der Waals surface area (Å²) in [5.41, 5.74) is 2.54. The van der Waals surface area contributed by atoms with Crippen LogP contribution in [0, 0.1) is 0 Å². The average Bonchev–Trinajstić information content (AvgIpc) is 3.16. The second-order valence-corrected chi connectivity index (χ2v) is 5.73. The fourth-order valence-corrected chi connectivity index (χ4v) is 2.99. The average molecular weight is 297 g/mol. The predicted molar refractivity (Wildman–Crippen MR) is 85.7 cm³/mol. The van der Waals surface area contributed by atoms with Crippen LogP contribution in [0.4, 0.5) is 5.69 Å². The van der Waals surface area contributed by atoms with Crippen LogP contribution in [0.1, 0.15) is 28.8 Å². The van der Waals surface area contributed by atoms with Crippen LogP contribution >= 0.6 is 11.3 Å². The highest BCUT2D eigenvalue weighted by Gasteiger charge is 2.21. The molecule has 3 rings (SSSR count). The van der Waals surface area contributed by atoms with Gasteiger partial charge in [-0.15, -0.1) is 0 Å². The summed E-state index contributed by atoms with van der Waals surface area (Å²) in [6, 6.07) is 9.21. The Bertz CT molecular complexity index is 671. The van der Waals surface area contributed by atoms with Gasteiger partial charge in [-0.1, -0.05) is 6.08 Å². The van der Waals surface area contributed by atoms with Gasteiger partial charge in [-0.3, -0.25) is 9.59 Å². The number of nitrogens with zero attached hydrogens (tertiary/aromatic N) is 1. The molecule has 0 radical (unpaired) electrons. The highest BCUT2D eigenvalue weighted by molar-refractivity contribution is 7.08. The van der Waals surface area contributed by atoms with E-state index in [0.29, 0.717) is 12.0 Å². The van der Waals surface area contributed by atoms with Crippen LogP contribution in [0.5, 0.6) is 0 Å². The zero-order chi connectivity index (χ0) is 14.7. The van der Waals surface area contributed by atoms with Crippen LogP contribution in [0.2, 0.25) is 0 Å². The quantitative estimate of drug-likeness (QED) is 0.636. The maximum absolute atomic E-state index is 12.1. The van der Waals surface area contributed by atoms with Crippen LogP contribution in [0.15, 0.2) is 47.2 Å². The Hall–Kier alpha value is -2.20. The van der Waals surface area contributed by atoms with Crippen LogP contribution in [-0.2, 0) is 4.79 Å². The molecule has 1 amide bonds. The van der Waals surface area contributed by atoms with Gasteiger partial charge in [0.1, 0.15) is 0 Å².